The van der Waals surface area contributed by atoms with Crippen LogP contribution in [-0.2, 0) is 9.59 Å². The largest absolute Gasteiger partial charge is 0.496 e. The van der Waals surface area contributed by atoms with Gasteiger partial charge in [0.15, 0.2) is 0 Å². The Kier molecular flexibility index (Phi) is 6.55. The Labute approximate surface area is 158 Å². The molecule has 2 rings (SSSR count). The molecule has 2 aromatic carbocycles. The van der Waals surface area contributed by atoms with Crippen LogP contribution in [0.25, 0.3) is 0 Å². The van der Waals surface area contributed by atoms with Gasteiger partial charge in [0.1, 0.15) is 5.75 Å². The summed E-state index contributed by atoms with van der Waals surface area (Å²) in [5, 5.41) is 6.72. The van der Waals surface area contributed by atoms with Crippen LogP contribution in [0, 0.1) is 6.92 Å². The molecule has 0 heterocycles. The highest BCUT2D eigenvalue weighted by Crippen LogP contribution is 2.21. The minimum atomic E-state index is -0.901. The third-order valence-electron chi connectivity index (χ3n) is 3.20. The van der Waals surface area contributed by atoms with Gasteiger partial charge in [-0.3, -0.25) is 9.59 Å². The number of nitrogens with zero attached hydrogens (tertiary/aromatic N) is 1. The number of benzene rings is 2. The highest BCUT2D eigenvalue weighted by molar-refractivity contribution is 9.10. The summed E-state index contributed by atoms with van der Waals surface area (Å²) >= 11 is 9.32. The fraction of sp³-hybridized carbons (Fsp3) is 0.118. The Hall–Kier alpha value is -2.38. The van der Waals surface area contributed by atoms with Crippen LogP contribution in [0.3, 0.4) is 0 Å². The first-order valence-electron chi connectivity index (χ1n) is 7.15. The molecule has 0 atom stereocenters. The summed E-state index contributed by atoms with van der Waals surface area (Å²) in [5.41, 5.74) is 4.10. The standard InChI is InChI=1S/C17H15BrClN3O3/c1-10-3-5-13(8-14(10)19)21-16(23)17(24)22-20-9-11-7-12(18)4-6-15(11)25-2/h3-9H,1-2H3,(H,21,23)(H,22,24)/b20-9+. The fourth-order valence-corrected chi connectivity index (χ4v) is 2.44. The Balaban J connectivity index is 1.98. The number of ether oxygens (including phenoxy) is 1. The zero-order chi connectivity index (χ0) is 18.4. The van der Waals surface area contributed by atoms with Crippen molar-refractivity contribution in [2.75, 3.05) is 12.4 Å². The number of hydrogen-bond donors (Lipinski definition) is 2. The maximum atomic E-state index is 11.9. The van der Waals surface area contributed by atoms with E-state index in [9.17, 15) is 9.59 Å². The zero-order valence-electron chi connectivity index (χ0n) is 13.5. The predicted octanol–water partition coefficient (Wildman–Crippen LogP) is 3.51. The van der Waals surface area contributed by atoms with Crippen molar-refractivity contribution < 1.29 is 14.3 Å². The molecule has 6 nitrogen and oxygen atoms in total. The van der Waals surface area contributed by atoms with Crippen molar-refractivity contribution in [1.29, 1.82) is 0 Å². The Morgan fingerprint density at radius 1 is 1.20 bits per heavy atom. The number of carbonyl (C=O) groups is 2. The molecular formula is C17H15BrClN3O3. The van der Waals surface area contributed by atoms with E-state index in [1.54, 1.807) is 30.3 Å². The van der Waals surface area contributed by atoms with Crippen LogP contribution in [-0.4, -0.2) is 25.1 Å². The van der Waals surface area contributed by atoms with Crippen LogP contribution in [0.5, 0.6) is 5.75 Å². The molecule has 2 amide bonds. The van der Waals surface area contributed by atoms with E-state index in [1.165, 1.54) is 13.3 Å². The van der Waals surface area contributed by atoms with Gasteiger partial charge in [-0.15, -0.1) is 0 Å². The van der Waals surface area contributed by atoms with E-state index in [2.05, 4.69) is 31.8 Å². The maximum absolute atomic E-state index is 11.9. The second-order valence-electron chi connectivity index (χ2n) is 5.00. The molecule has 25 heavy (non-hydrogen) atoms. The van der Waals surface area contributed by atoms with E-state index in [0.717, 1.165) is 10.0 Å². The predicted molar refractivity (Wildman–Crippen MR) is 101 cm³/mol. The van der Waals surface area contributed by atoms with Gasteiger partial charge < -0.3 is 10.1 Å². The van der Waals surface area contributed by atoms with Gasteiger partial charge in [-0.1, -0.05) is 33.6 Å². The molecule has 0 bridgehead atoms. The molecule has 8 heteroatoms. The summed E-state index contributed by atoms with van der Waals surface area (Å²) < 4.78 is 6.02. The second kappa shape index (κ2) is 8.64. The van der Waals surface area contributed by atoms with Crippen molar-refractivity contribution in [3.8, 4) is 5.75 Å². The second-order valence-corrected chi connectivity index (χ2v) is 6.33. The molecule has 0 aliphatic heterocycles. The number of aryl methyl sites for hydroxylation is 1. The summed E-state index contributed by atoms with van der Waals surface area (Å²) in [6.07, 6.45) is 1.39. The third kappa shape index (κ3) is 5.30. The summed E-state index contributed by atoms with van der Waals surface area (Å²) in [4.78, 5) is 23.7. The quantitative estimate of drug-likeness (QED) is 0.448. The van der Waals surface area contributed by atoms with Gasteiger partial charge in [0, 0.05) is 20.7 Å². The topological polar surface area (TPSA) is 79.8 Å². The normalized spacial score (nSPS) is 10.6. The lowest BCUT2D eigenvalue weighted by Gasteiger charge is -2.06. The first kappa shape index (κ1) is 19.0. The van der Waals surface area contributed by atoms with E-state index in [0.29, 0.717) is 22.0 Å². The molecule has 0 aliphatic carbocycles. The lowest BCUT2D eigenvalue weighted by atomic mass is 10.2. The number of methoxy groups -OCH3 is 1. The smallest absolute Gasteiger partial charge is 0.329 e. The number of carbonyl (C=O) groups excluding carboxylic acids is 2. The Morgan fingerprint density at radius 3 is 2.64 bits per heavy atom. The number of amides is 2. The van der Waals surface area contributed by atoms with Crippen LogP contribution < -0.4 is 15.5 Å². The monoisotopic (exact) mass is 423 g/mol. The molecule has 0 saturated heterocycles. The van der Waals surface area contributed by atoms with E-state index < -0.39 is 11.8 Å². The number of anilines is 1. The van der Waals surface area contributed by atoms with Gasteiger partial charge in [0.25, 0.3) is 0 Å². The number of halogens is 2. The average Bonchev–Trinajstić information content (AvgIpc) is 2.58. The number of hydrazone groups is 1. The summed E-state index contributed by atoms with van der Waals surface area (Å²) in [7, 11) is 1.53. The molecule has 2 N–H and O–H groups in total. The lowest BCUT2D eigenvalue weighted by molar-refractivity contribution is -0.136. The lowest BCUT2D eigenvalue weighted by Crippen LogP contribution is -2.32. The van der Waals surface area contributed by atoms with Gasteiger partial charge in [0.2, 0.25) is 0 Å². The molecule has 0 saturated carbocycles. The zero-order valence-corrected chi connectivity index (χ0v) is 15.8. The Morgan fingerprint density at radius 2 is 1.96 bits per heavy atom. The van der Waals surface area contributed by atoms with E-state index >= 15 is 0 Å². The van der Waals surface area contributed by atoms with Crippen LogP contribution in [0.15, 0.2) is 46.0 Å². The third-order valence-corrected chi connectivity index (χ3v) is 4.10. The summed E-state index contributed by atoms with van der Waals surface area (Å²) in [6, 6.07) is 10.3. The summed E-state index contributed by atoms with van der Waals surface area (Å²) in [6.45, 7) is 1.84. The van der Waals surface area contributed by atoms with E-state index in [-0.39, 0.29) is 0 Å². The molecule has 0 spiro atoms. The van der Waals surface area contributed by atoms with Crippen molar-refractivity contribution in [2.24, 2.45) is 5.10 Å². The molecular weight excluding hydrogens is 410 g/mol. The molecule has 0 aromatic heterocycles. The van der Waals surface area contributed by atoms with Crippen molar-refractivity contribution >= 4 is 51.2 Å². The van der Waals surface area contributed by atoms with Crippen molar-refractivity contribution in [1.82, 2.24) is 5.43 Å². The van der Waals surface area contributed by atoms with Gasteiger partial charge in [0.05, 0.1) is 13.3 Å². The molecule has 0 unspecified atom stereocenters. The highest BCUT2D eigenvalue weighted by atomic mass is 79.9. The maximum Gasteiger partial charge on any atom is 0.329 e. The average molecular weight is 425 g/mol. The fourth-order valence-electron chi connectivity index (χ4n) is 1.88. The number of nitrogens with one attached hydrogen (secondary N) is 2. The van der Waals surface area contributed by atoms with Crippen molar-refractivity contribution in [3.05, 3.63) is 57.0 Å². The Bertz CT molecular complexity index is 840. The summed E-state index contributed by atoms with van der Waals surface area (Å²) in [5.74, 6) is -1.17. The van der Waals surface area contributed by atoms with Crippen LogP contribution in [0.2, 0.25) is 5.02 Å². The van der Waals surface area contributed by atoms with Crippen LogP contribution in [0.4, 0.5) is 5.69 Å². The molecule has 2 aromatic rings. The minimum absolute atomic E-state index is 0.424. The van der Waals surface area contributed by atoms with Crippen LogP contribution in [0.1, 0.15) is 11.1 Å². The van der Waals surface area contributed by atoms with Crippen LogP contribution >= 0.6 is 27.5 Å². The number of rotatable bonds is 4. The molecule has 130 valence electrons. The van der Waals surface area contributed by atoms with E-state index in [1.807, 2.05) is 13.0 Å². The molecule has 0 fully saturated rings. The first-order valence-corrected chi connectivity index (χ1v) is 8.32. The van der Waals surface area contributed by atoms with Gasteiger partial charge in [-0.2, -0.15) is 5.10 Å². The van der Waals surface area contributed by atoms with Crippen molar-refractivity contribution in [2.45, 2.75) is 6.92 Å². The van der Waals surface area contributed by atoms with Gasteiger partial charge in [-0.25, -0.2) is 5.43 Å². The number of hydrogen-bond acceptors (Lipinski definition) is 4. The first-order chi connectivity index (χ1) is 11.9. The van der Waals surface area contributed by atoms with E-state index in [4.69, 9.17) is 16.3 Å². The molecule has 0 radical (unpaired) electrons. The van der Waals surface area contributed by atoms with Crippen molar-refractivity contribution in [3.63, 3.8) is 0 Å². The molecule has 0 aliphatic rings. The van der Waals surface area contributed by atoms with Gasteiger partial charge in [-0.05, 0) is 42.8 Å². The van der Waals surface area contributed by atoms with Gasteiger partial charge >= 0.3 is 11.8 Å². The minimum Gasteiger partial charge on any atom is -0.496 e. The highest BCUT2D eigenvalue weighted by Gasteiger charge is 2.13. The SMILES string of the molecule is COc1ccc(Br)cc1/C=N/NC(=O)C(=O)Nc1ccc(C)c(Cl)c1.